The molecule has 1 saturated carbocycles. The lowest BCUT2D eigenvalue weighted by molar-refractivity contribution is 0.0617. The molecule has 1 aromatic carbocycles. The van der Waals surface area contributed by atoms with E-state index < -0.39 is 0 Å². The molecule has 0 N–H and O–H groups in total. The van der Waals surface area contributed by atoms with Crippen LogP contribution in [0.15, 0.2) is 35.5 Å². The van der Waals surface area contributed by atoms with Gasteiger partial charge in [0.1, 0.15) is 12.4 Å². The molecule has 3 aromatic rings. The molecule has 2 aromatic heterocycles. The number of cyclic esters (lactones) is 1. The van der Waals surface area contributed by atoms with Crippen LogP contribution in [0.2, 0.25) is 0 Å². The molecule has 0 spiro atoms. The number of rotatable bonds is 6. The maximum absolute atomic E-state index is 13.2. The molecule has 188 valence electrons. The fourth-order valence-electron chi connectivity index (χ4n) is 5.66. The number of fused-ring (bicyclic) bond motifs is 2. The number of ether oxygens (including phenoxy) is 1. The number of thioether (sulfide) groups is 1. The van der Waals surface area contributed by atoms with E-state index in [1.54, 1.807) is 28.0 Å². The summed E-state index contributed by atoms with van der Waals surface area (Å²) in [5.41, 5.74) is 1.65. The van der Waals surface area contributed by atoms with Gasteiger partial charge in [0.15, 0.2) is 0 Å². The van der Waals surface area contributed by atoms with Crippen LogP contribution in [-0.2, 0) is 17.6 Å². The van der Waals surface area contributed by atoms with Crippen molar-refractivity contribution < 1.29 is 14.3 Å². The summed E-state index contributed by atoms with van der Waals surface area (Å²) in [7, 11) is 0. The summed E-state index contributed by atoms with van der Waals surface area (Å²) >= 11 is 3.37. The summed E-state index contributed by atoms with van der Waals surface area (Å²) in [6.07, 6.45) is 11.2. The molecule has 0 radical (unpaired) electrons. The summed E-state index contributed by atoms with van der Waals surface area (Å²) in [4.78, 5) is 43.5. The van der Waals surface area contributed by atoms with E-state index in [0.717, 1.165) is 38.8 Å². The van der Waals surface area contributed by atoms with Crippen LogP contribution in [0.1, 0.15) is 40.5 Å². The molecule has 4 heterocycles. The fourth-order valence-corrected chi connectivity index (χ4v) is 7.09. The third-order valence-electron chi connectivity index (χ3n) is 7.59. The molecule has 3 fully saturated rings. The van der Waals surface area contributed by atoms with Crippen molar-refractivity contribution in [1.82, 2.24) is 24.8 Å². The van der Waals surface area contributed by atoms with Crippen LogP contribution in [0, 0.1) is 11.8 Å². The van der Waals surface area contributed by atoms with Gasteiger partial charge in [0, 0.05) is 55.3 Å². The summed E-state index contributed by atoms with van der Waals surface area (Å²) in [6, 6.07) is 5.79. The maximum Gasteiger partial charge on any atom is 0.410 e. The molecule has 2 saturated heterocycles. The third kappa shape index (κ3) is 4.80. The molecule has 3 aliphatic rings. The van der Waals surface area contributed by atoms with Crippen molar-refractivity contribution in [3.05, 3.63) is 47.0 Å². The number of benzene rings is 1. The first-order chi connectivity index (χ1) is 17.6. The lowest BCUT2D eigenvalue weighted by Crippen LogP contribution is -2.53. The topological polar surface area (TPSA) is 88.5 Å². The minimum absolute atomic E-state index is 0.0114. The average molecular weight is 524 g/mol. The number of nitrogens with zero attached hydrogens (tertiary/aromatic N) is 5. The lowest BCUT2D eigenvalue weighted by Gasteiger charge is -2.35. The molecule has 6 rings (SSSR count). The summed E-state index contributed by atoms with van der Waals surface area (Å²) in [5.74, 6) is 2.23. The van der Waals surface area contributed by atoms with Crippen LogP contribution < -0.4 is 0 Å². The van der Waals surface area contributed by atoms with Crippen LogP contribution in [0.3, 0.4) is 0 Å². The van der Waals surface area contributed by atoms with Crippen LogP contribution in [0.25, 0.3) is 10.2 Å². The van der Waals surface area contributed by atoms with Gasteiger partial charge in [-0.3, -0.25) is 9.69 Å². The highest BCUT2D eigenvalue weighted by molar-refractivity contribution is 7.98. The van der Waals surface area contributed by atoms with E-state index >= 15 is 0 Å². The third-order valence-corrected chi connectivity index (χ3v) is 9.31. The fraction of sp³-hybridized carbons (Fsp3) is 0.500. The normalized spacial score (nSPS) is 23.8. The second kappa shape index (κ2) is 9.97. The number of hydrogen-bond acceptors (Lipinski definition) is 8. The van der Waals surface area contributed by atoms with E-state index in [-0.39, 0.29) is 18.0 Å². The first-order valence-electron chi connectivity index (χ1n) is 12.5. The molecule has 10 heteroatoms. The van der Waals surface area contributed by atoms with Gasteiger partial charge in [0.2, 0.25) is 0 Å². The highest BCUT2D eigenvalue weighted by atomic mass is 32.2. The first kappa shape index (κ1) is 23.7. The Bertz CT molecular complexity index is 1280. The maximum atomic E-state index is 13.2. The highest BCUT2D eigenvalue weighted by Crippen LogP contribution is 2.36. The molecule has 0 unspecified atom stereocenters. The van der Waals surface area contributed by atoms with Crippen molar-refractivity contribution >= 4 is 45.3 Å². The van der Waals surface area contributed by atoms with E-state index in [0.29, 0.717) is 43.6 Å². The van der Waals surface area contributed by atoms with Crippen molar-refractivity contribution in [2.75, 3.05) is 32.5 Å². The van der Waals surface area contributed by atoms with Crippen LogP contribution in [0.5, 0.6) is 0 Å². The van der Waals surface area contributed by atoms with E-state index in [4.69, 9.17) is 9.72 Å². The van der Waals surface area contributed by atoms with Crippen molar-refractivity contribution in [2.45, 2.75) is 43.0 Å². The second-order valence-corrected chi connectivity index (χ2v) is 12.0. The van der Waals surface area contributed by atoms with Crippen LogP contribution in [0.4, 0.5) is 4.79 Å². The summed E-state index contributed by atoms with van der Waals surface area (Å²) < 4.78 is 6.19. The molecule has 2 aliphatic heterocycles. The molecule has 2 amide bonds. The van der Waals surface area contributed by atoms with E-state index in [1.165, 1.54) is 19.3 Å². The van der Waals surface area contributed by atoms with Gasteiger partial charge < -0.3 is 9.64 Å². The highest BCUT2D eigenvalue weighted by Gasteiger charge is 2.39. The number of thiazole rings is 1. The smallest absolute Gasteiger partial charge is 0.410 e. The molecule has 8 nitrogen and oxygen atoms in total. The average Bonchev–Trinajstić information content (AvgIpc) is 3.62. The van der Waals surface area contributed by atoms with Crippen LogP contribution >= 0.6 is 23.1 Å². The number of hydrogen-bond donors (Lipinski definition) is 0. The Balaban J connectivity index is 1.07. The summed E-state index contributed by atoms with van der Waals surface area (Å²) in [6.45, 7) is 1.94. The Morgan fingerprint density at radius 2 is 1.97 bits per heavy atom. The van der Waals surface area contributed by atoms with Crippen molar-refractivity contribution in [2.24, 2.45) is 11.8 Å². The van der Waals surface area contributed by atoms with Gasteiger partial charge in [-0.2, -0.15) is 0 Å². The minimum atomic E-state index is -0.266. The summed E-state index contributed by atoms with van der Waals surface area (Å²) in [5, 5.41) is 1.15. The predicted molar refractivity (Wildman–Crippen MR) is 139 cm³/mol. The zero-order valence-corrected chi connectivity index (χ0v) is 21.9. The SMILES string of the molecule is CSc1cnc(C[C@H]2CC[C@H](Cc3nc4ccc(C(=O)N5CCN6C(=O)OC[C@H]6C5)cc4s3)C2)nc1. The Morgan fingerprint density at radius 3 is 2.78 bits per heavy atom. The Kier molecular flexibility index (Phi) is 6.55. The molecule has 3 atom stereocenters. The minimum Gasteiger partial charge on any atom is -0.447 e. The number of aromatic nitrogens is 3. The second-order valence-electron chi connectivity index (χ2n) is 9.96. The van der Waals surface area contributed by atoms with Crippen molar-refractivity contribution in [3.8, 4) is 0 Å². The standard InChI is InChI=1S/C26H29N5O3S2/c1-35-20-12-27-23(28-13-20)9-16-2-3-17(8-16)10-24-29-21-5-4-18(11-22(21)36-24)25(32)30-6-7-31-19(14-30)15-34-26(31)33/h4-5,11-13,16-17,19H,2-3,6-10,14-15H2,1H3/t16-,17-,19+/m0/s1. The molecular weight excluding hydrogens is 494 g/mol. The monoisotopic (exact) mass is 523 g/mol. The molecule has 0 bridgehead atoms. The number of carbonyl (C=O) groups is 2. The Labute approximate surface area is 218 Å². The number of piperazine rings is 1. The van der Waals surface area contributed by atoms with Gasteiger partial charge in [0.25, 0.3) is 5.91 Å². The molecular formula is C26H29N5O3S2. The molecule has 1 aliphatic carbocycles. The van der Waals surface area contributed by atoms with E-state index in [2.05, 4.69) is 9.97 Å². The predicted octanol–water partition coefficient (Wildman–Crippen LogP) is 4.29. The van der Waals surface area contributed by atoms with E-state index in [9.17, 15) is 9.59 Å². The van der Waals surface area contributed by atoms with Gasteiger partial charge in [-0.1, -0.05) is 0 Å². The van der Waals surface area contributed by atoms with Gasteiger partial charge in [-0.05, 0) is 55.6 Å². The van der Waals surface area contributed by atoms with Gasteiger partial charge in [-0.25, -0.2) is 19.7 Å². The quantitative estimate of drug-likeness (QED) is 0.446. The van der Waals surface area contributed by atoms with Crippen molar-refractivity contribution in [3.63, 3.8) is 0 Å². The van der Waals surface area contributed by atoms with Gasteiger partial charge in [-0.15, -0.1) is 23.1 Å². The number of carbonyl (C=O) groups excluding carboxylic acids is 2. The van der Waals surface area contributed by atoms with E-state index in [1.807, 2.05) is 41.7 Å². The molecule has 36 heavy (non-hydrogen) atoms. The van der Waals surface area contributed by atoms with Crippen molar-refractivity contribution in [1.29, 1.82) is 0 Å². The van der Waals surface area contributed by atoms with Crippen LogP contribution in [-0.4, -0.2) is 75.3 Å². The Hall–Kier alpha value is -2.72. The lowest BCUT2D eigenvalue weighted by atomic mass is 9.99. The van der Waals surface area contributed by atoms with Gasteiger partial charge in [0.05, 0.1) is 21.3 Å². The van der Waals surface area contributed by atoms with Gasteiger partial charge >= 0.3 is 6.09 Å². The number of amides is 2. The zero-order valence-electron chi connectivity index (χ0n) is 20.3. The zero-order chi connectivity index (χ0) is 24.6. The largest absolute Gasteiger partial charge is 0.447 e. The Morgan fingerprint density at radius 1 is 1.17 bits per heavy atom. The first-order valence-corrected chi connectivity index (χ1v) is 14.6.